The molecule has 0 atom stereocenters. The van der Waals surface area contributed by atoms with Gasteiger partial charge in [-0.2, -0.15) is 18.2 Å². The number of alkyl halides is 5. The Morgan fingerprint density at radius 1 is 1.00 bits per heavy atom. The van der Waals surface area contributed by atoms with Crippen LogP contribution in [-0.2, 0) is 16.4 Å². The molecule has 0 unspecified atom stereocenters. The second kappa shape index (κ2) is 10.1. The van der Waals surface area contributed by atoms with Gasteiger partial charge in [0, 0.05) is 60.3 Å². The van der Waals surface area contributed by atoms with Crippen molar-refractivity contribution < 1.29 is 31.3 Å². The van der Waals surface area contributed by atoms with Crippen molar-refractivity contribution in [1.82, 2.24) is 15.1 Å². The van der Waals surface area contributed by atoms with Crippen LogP contribution in [0.4, 0.5) is 27.6 Å². The largest absolute Gasteiger partial charge is 0.416 e. The average molecular weight is 601 g/mol. The number of nitrogens with zero attached hydrogens (tertiary/aromatic N) is 4. The number of hydrogen-bond donors (Lipinski definition) is 0. The molecule has 0 spiro atoms. The number of rotatable bonds is 8. The lowest BCUT2D eigenvalue weighted by Gasteiger charge is -2.54. The maximum Gasteiger partial charge on any atom is 0.416 e. The first-order valence-corrected chi connectivity index (χ1v) is 15.1. The lowest BCUT2D eigenvalue weighted by atomic mass is 9.52. The number of fused-ring (bicyclic) bond motifs is 3. The van der Waals surface area contributed by atoms with E-state index in [4.69, 9.17) is 4.52 Å². The Balaban J connectivity index is 1.13. The molecule has 5 aliphatic rings. The van der Waals surface area contributed by atoms with Crippen LogP contribution >= 0.6 is 0 Å². The SMILES string of the molecule is O=C(CC1CC(F)(F)C1)N(CC12CCC(c3cc(C(F)(F)F)ccn3)(CC1)CC2)c1cccc(-c2nc(C3CC3)no2)c1. The van der Waals surface area contributed by atoms with Crippen molar-refractivity contribution in [2.24, 2.45) is 11.3 Å². The molecule has 1 amide bonds. The first-order valence-electron chi connectivity index (χ1n) is 15.1. The van der Waals surface area contributed by atoms with Crippen molar-refractivity contribution in [2.75, 3.05) is 11.4 Å². The van der Waals surface area contributed by atoms with Gasteiger partial charge in [0.25, 0.3) is 5.89 Å². The highest BCUT2D eigenvalue weighted by Gasteiger charge is 2.52. The fourth-order valence-corrected chi connectivity index (χ4v) is 7.39. The normalized spacial score (nSPS) is 26.7. The van der Waals surface area contributed by atoms with Gasteiger partial charge < -0.3 is 9.42 Å². The van der Waals surface area contributed by atoms with Gasteiger partial charge >= 0.3 is 6.18 Å². The van der Waals surface area contributed by atoms with Gasteiger partial charge in [-0.15, -0.1) is 0 Å². The molecule has 5 saturated carbocycles. The molecule has 5 fully saturated rings. The van der Waals surface area contributed by atoms with E-state index in [0.717, 1.165) is 38.2 Å². The molecule has 3 aromatic rings. The van der Waals surface area contributed by atoms with Crippen LogP contribution in [0.1, 0.15) is 93.6 Å². The lowest BCUT2D eigenvalue weighted by molar-refractivity contribution is -0.137. The Morgan fingerprint density at radius 2 is 1.72 bits per heavy atom. The highest BCUT2D eigenvalue weighted by atomic mass is 19.4. The first-order chi connectivity index (χ1) is 20.4. The third-order valence-electron chi connectivity index (χ3n) is 10.3. The molecule has 43 heavy (non-hydrogen) atoms. The smallest absolute Gasteiger partial charge is 0.334 e. The summed E-state index contributed by atoms with van der Waals surface area (Å²) < 4.78 is 73.0. The van der Waals surface area contributed by atoms with Gasteiger partial charge in [-0.25, -0.2) is 8.78 Å². The summed E-state index contributed by atoms with van der Waals surface area (Å²) in [5, 5.41) is 4.10. The van der Waals surface area contributed by atoms with Crippen molar-refractivity contribution in [3.8, 4) is 11.5 Å². The van der Waals surface area contributed by atoms with Gasteiger partial charge in [0.15, 0.2) is 5.82 Å². The molecule has 8 rings (SSSR count). The van der Waals surface area contributed by atoms with Crippen LogP contribution in [0.5, 0.6) is 0 Å². The van der Waals surface area contributed by atoms with Crippen molar-refractivity contribution in [1.29, 1.82) is 0 Å². The van der Waals surface area contributed by atoms with E-state index in [2.05, 4.69) is 15.1 Å². The van der Waals surface area contributed by atoms with Crippen molar-refractivity contribution >= 4 is 11.6 Å². The average Bonchev–Trinajstić information content (AvgIpc) is 3.71. The third kappa shape index (κ3) is 5.55. The van der Waals surface area contributed by atoms with Gasteiger partial charge in [-0.1, -0.05) is 11.2 Å². The summed E-state index contributed by atoms with van der Waals surface area (Å²) in [4.78, 5) is 24.4. The summed E-state index contributed by atoms with van der Waals surface area (Å²) in [5.41, 5.74) is 0.514. The maximum atomic E-state index is 13.8. The zero-order valence-electron chi connectivity index (χ0n) is 23.7. The van der Waals surface area contributed by atoms with Gasteiger partial charge in [0.2, 0.25) is 11.8 Å². The second-order valence-corrected chi connectivity index (χ2v) is 13.3. The van der Waals surface area contributed by atoms with E-state index in [-0.39, 0.29) is 36.5 Å². The number of benzene rings is 1. The topological polar surface area (TPSA) is 72.1 Å². The summed E-state index contributed by atoms with van der Waals surface area (Å²) >= 11 is 0. The van der Waals surface area contributed by atoms with E-state index < -0.39 is 23.1 Å². The van der Waals surface area contributed by atoms with Gasteiger partial charge in [-0.3, -0.25) is 9.78 Å². The van der Waals surface area contributed by atoms with Crippen LogP contribution in [0, 0.1) is 11.3 Å². The zero-order chi connectivity index (χ0) is 30.0. The highest BCUT2D eigenvalue weighted by Crippen LogP contribution is 2.58. The molecule has 2 bridgehead atoms. The number of amides is 1. The summed E-state index contributed by atoms with van der Waals surface area (Å²) in [6, 6.07) is 9.56. The minimum atomic E-state index is -4.43. The summed E-state index contributed by atoms with van der Waals surface area (Å²) in [7, 11) is 0. The number of hydrogen-bond acceptors (Lipinski definition) is 5. The van der Waals surface area contributed by atoms with Crippen molar-refractivity contribution in [3.05, 3.63) is 59.7 Å². The van der Waals surface area contributed by atoms with Gasteiger partial charge in [0.05, 0.1) is 5.56 Å². The molecular formula is C32H33F5N4O2. The van der Waals surface area contributed by atoms with Crippen LogP contribution in [0.25, 0.3) is 11.5 Å². The number of pyridine rings is 1. The molecule has 5 aliphatic carbocycles. The molecule has 2 aromatic heterocycles. The minimum Gasteiger partial charge on any atom is -0.334 e. The number of halogens is 5. The van der Waals surface area contributed by atoms with Crippen molar-refractivity contribution in [2.45, 2.75) is 94.1 Å². The standard InChI is InChI=1S/C32H33F5N4O2/c33-31(34)17-20(18-31)14-26(42)41(24-3-1-2-22(15-24)28-39-27(40-43-28)21-4-5-21)19-29-7-10-30(11-8-29,12-9-29)25-16-23(6-13-38-25)32(35,36)37/h1-3,6,13,15-16,20-21H,4-5,7-12,14,17-19H2. The van der Waals surface area contributed by atoms with E-state index >= 15 is 0 Å². The van der Waals surface area contributed by atoms with Crippen LogP contribution < -0.4 is 4.90 Å². The summed E-state index contributed by atoms with van der Waals surface area (Å²) in [5.74, 6) is -1.88. The number of anilines is 1. The Hall–Kier alpha value is -3.37. The highest BCUT2D eigenvalue weighted by molar-refractivity contribution is 5.94. The van der Waals surface area contributed by atoms with Crippen LogP contribution in [0.3, 0.4) is 0 Å². The summed E-state index contributed by atoms with van der Waals surface area (Å²) in [6.07, 6.45) is 2.65. The predicted molar refractivity (Wildman–Crippen MR) is 147 cm³/mol. The fourth-order valence-electron chi connectivity index (χ4n) is 7.39. The molecule has 0 N–H and O–H groups in total. The Bertz CT molecular complexity index is 1500. The molecule has 228 valence electrons. The zero-order valence-corrected chi connectivity index (χ0v) is 23.7. The quantitative estimate of drug-likeness (QED) is 0.245. The second-order valence-electron chi connectivity index (χ2n) is 13.3. The summed E-state index contributed by atoms with van der Waals surface area (Å²) in [6.45, 7) is 0.418. The van der Waals surface area contributed by atoms with Gasteiger partial charge in [0.1, 0.15) is 0 Å². The molecule has 11 heteroatoms. The van der Waals surface area contributed by atoms with E-state index in [1.807, 2.05) is 24.3 Å². The number of carbonyl (C=O) groups is 1. The molecule has 2 heterocycles. The lowest BCUT2D eigenvalue weighted by Crippen LogP contribution is -2.51. The molecule has 1 aromatic carbocycles. The Kier molecular flexibility index (Phi) is 6.66. The van der Waals surface area contributed by atoms with Crippen molar-refractivity contribution in [3.63, 3.8) is 0 Å². The minimum absolute atomic E-state index is 0.0420. The maximum absolute atomic E-state index is 13.8. The van der Waals surface area contributed by atoms with Crippen LogP contribution in [0.2, 0.25) is 0 Å². The molecular weight excluding hydrogens is 567 g/mol. The Morgan fingerprint density at radius 3 is 2.37 bits per heavy atom. The van der Waals surface area contributed by atoms with E-state index in [0.29, 0.717) is 60.4 Å². The molecule has 6 nitrogen and oxygen atoms in total. The first kappa shape index (κ1) is 28.4. The van der Waals surface area contributed by atoms with Crippen LogP contribution in [-0.4, -0.2) is 33.5 Å². The molecule has 0 aliphatic heterocycles. The predicted octanol–water partition coefficient (Wildman–Crippen LogP) is 8.09. The van der Waals surface area contributed by atoms with Crippen LogP contribution in [0.15, 0.2) is 47.1 Å². The van der Waals surface area contributed by atoms with E-state index in [9.17, 15) is 26.7 Å². The van der Waals surface area contributed by atoms with E-state index in [1.54, 1.807) is 4.90 Å². The number of carbonyl (C=O) groups excluding carboxylic acids is 1. The third-order valence-corrected chi connectivity index (χ3v) is 10.3. The number of aromatic nitrogens is 3. The fraction of sp³-hybridized carbons (Fsp3) is 0.562. The Labute approximate surface area is 246 Å². The van der Waals surface area contributed by atoms with Gasteiger partial charge in [-0.05, 0) is 93.0 Å². The monoisotopic (exact) mass is 600 g/mol. The van der Waals surface area contributed by atoms with E-state index in [1.165, 1.54) is 12.3 Å². The molecule has 0 saturated heterocycles. The molecule has 0 radical (unpaired) electrons.